The summed E-state index contributed by atoms with van der Waals surface area (Å²) in [6, 6.07) is 8.08. The van der Waals surface area contributed by atoms with E-state index in [1.54, 1.807) is 30.3 Å². The van der Waals surface area contributed by atoms with Crippen molar-refractivity contribution in [2.45, 2.75) is 6.92 Å². The maximum atomic E-state index is 13.3. The number of aliphatic carboxylic acids is 1. The number of pyridine rings is 1. The molecular weight excluding hydrogens is 271 g/mol. The molecule has 108 valence electrons. The Kier molecular flexibility index (Phi) is 4.33. The number of hydrogen-bond donors (Lipinski definition) is 1. The van der Waals surface area contributed by atoms with E-state index in [2.05, 4.69) is 4.98 Å². The summed E-state index contributed by atoms with van der Waals surface area (Å²) in [7, 11) is 1.80. The molecule has 1 aromatic carbocycles. The van der Waals surface area contributed by atoms with Gasteiger partial charge in [0.15, 0.2) is 0 Å². The van der Waals surface area contributed by atoms with E-state index in [4.69, 9.17) is 5.11 Å². The van der Waals surface area contributed by atoms with Gasteiger partial charge >= 0.3 is 5.97 Å². The molecule has 1 aromatic heterocycles. The highest BCUT2D eigenvalue weighted by Crippen LogP contribution is 2.25. The Balaban J connectivity index is 2.30. The molecule has 0 saturated heterocycles. The lowest BCUT2D eigenvalue weighted by molar-refractivity contribution is -0.131. The zero-order valence-electron chi connectivity index (χ0n) is 11.7. The lowest BCUT2D eigenvalue weighted by atomic mass is 10.1. The number of nitrogens with zero attached hydrogens (tertiary/aromatic N) is 2. The van der Waals surface area contributed by atoms with E-state index in [1.165, 1.54) is 18.2 Å². The van der Waals surface area contributed by atoms with E-state index in [-0.39, 0.29) is 5.82 Å². The van der Waals surface area contributed by atoms with Crippen LogP contribution in [0.3, 0.4) is 0 Å². The fourth-order valence-corrected chi connectivity index (χ4v) is 2.01. The number of carbonyl (C=O) groups is 1. The second-order valence-electron chi connectivity index (χ2n) is 4.62. The number of carboxylic acid groups (broad SMARTS) is 1. The standard InChI is InChI=1S/C16H15FN2O2/c1-11-8-12(6-7-15(20)21)10-18-16(11)19(2)14-5-3-4-13(17)9-14/h3-10H,1-2H3,(H,20,21)/b7-6+. The lowest BCUT2D eigenvalue weighted by Crippen LogP contribution is -2.13. The molecule has 0 amide bonds. The molecule has 2 rings (SSSR count). The number of anilines is 2. The summed E-state index contributed by atoms with van der Waals surface area (Å²) in [5, 5.41) is 8.61. The van der Waals surface area contributed by atoms with E-state index >= 15 is 0 Å². The summed E-state index contributed by atoms with van der Waals surface area (Å²) in [5.74, 6) is -0.625. The minimum Gasteiger partial charge on any atom is -0.478 e. The predicted molar refractivity (Wildman–Crippen MR) is 80.1 cm³/mol. The Morgan fingerprint density at radius 3 is 2.76 bits per heavy atom. The average Bonchev–Trinajstić information content (AvgIpc) is 2.44. The van der Waals surface area contributed by atoms with Gasteiger partial charge in [-0.15, -0.1) is 0 Å². The molecule has 0 fully saturated rings. The normalized spacial score (nSPS) is 10.8. The highest BCUT2D eigenvalue weighted by atomic mass is 19.1. The molecule has 5 heteroatoms. The minimum atomic E-state index is -1.01. The molecule has 0 atom stereocenters. The zero-order valence-corrected chi connectivity index (χ0v) is 11.7. The van der Waals surface area contributed by atoms with Crippen molar-refractivity contribution in [3.63, 3.8) is 0 Å². The molecule has 0 aliphatic heterocycles. The van der Waals surface area contributed by atoms with Gasteiger partial charge in [-0.2, -0.15) is 0 Å². The van der Waals surface area contributed by atoms with E-state index in [9.17, 15) is 9.18 Å². The van der Waals surface area contributed by atoms with Gasteiger partial charge < -0.3 is 10.0 Å². The minimum absolute atomic E-state index is 0.307. The third kappa shape index (κ3) is 3.66. The van der Waals surface area contributed by atoms with Crippen molar-refractivity contribution in [1.82, 2.24) is 4.98 Å². The van der Waals surface area contributed by atoms with Gasteiger partial charge in [-0.3, -0.25) is 0 Å². The highest BCUT2D eigenvalue weighted by Gasteiger charge is 2.09. The van der Waals surface area contributed by atoms with Crippen LogP contribution in [0.15, 0.2) is 42.6 Å². The van der Waals surface area contributed by atoms with Crippen LogP contribution in [0.2, 0.25) is 0 Å². The van der Waals surface area contributed by atoms with Crippen LogP contribution in [0.5, 0.6) is 0 Å². The van der Waals surface area contributed by atoms with Crippen LogP contribution in [-0.2, 0) is 4.79 Å². The molecule has 0 aliphatic carbocycles. The Hall–Kier alpha value is -2.69. The summed E-state index contributed by atoms with van der Waals surface area (Å²) in [5.41, 5.74) is 2.26. The van der Waals surface area contributed by atoms with Crippen molar-refractivity contribution in [3.05, 3.63) is 59.5 Å². The van der Waals surface area contributed by atoms with Gasteiger partial charge in [-0.25, -0.2) is 14.2 Å². The number of aryl methyl sites for hydroxylation is 1. The summed E-state index contributed by atoms with van der Waals surface area (Å²) in [6.07, 6.45) is 4.12. The van der Waals surface area contributed by atoms with Crippen molar-refractivity contribution in [3.8, 4) is 0 Å². The molecule has 1 N–H and O–H groups in total. The van der Waals surface area contributed by atoms with Crippen LogP contribution in [0.4, 0.5) is 15.9 Å². The molecule has 0 spiro atoms. The van der Waals surface area contributed by atoms with Gasteiger partial charge in [-0.05, 0) is 48.4 Å². The van der Waals surface area contributed by atoms with Crippen LogP contribution in [0, 0.1) is 12.7 Å². The van der Waals surface area contributed by atoms with Gasteiger partial charge in [-0.1, -0.05) is 6.07 Å². The number of rotatable bonds is 4. The van der Waals surface area contributed by atoms with Crippen molar-refractivity contribution in [1.29, 1.82) is 0 Å². The van der Waals surface area contributed by atoms with Crippen molar-refractivity contribution < 1.29 is 14.3 Å². The Morgan fingerprint density at radius 2 is 2.14 bits per heavy atom. The smallest absolute Gasteiger partial charge is 0.328 e. The quantitative estimate of drug-likeness (QED) is 0.875. The molecule has 0 saturated carbocycles. The van der Waals surface area contributed by atoms with E-state index in [1.807, 2.05) is 13.0 Å². The molecule has 0 radical (unpaired) electrons. The number of aromatic nitrogens is 1. The first-order chi connectivity index (χ1) is 9.97. The van der Waals surface area contributed by atoms with Crippen molar-refractivity contribution in [2.75, 3.05) is 11.9 Å². The van der Waals surface area contributed by atoms with E-state index < -0.39 is 5.97 Å². The third-order valence-electron chi connectivity index (χ3n) is 3.00. The second-order valence-corrected chi connectivity index (χ2v) is 4.62. The molecule has 0 unspecified atom stereocenters. The van der Waals surface area contributed by atoms with Gasteiger partial charge in [0, 0.05) is 25.0 Å². The first-order valence-electron chi connectivity index (χ1n) is 6.34. The lowest BCUT2D eigenvalue weighted by Gasteiger charge is -2.20. The molecule has 21 heavy (non-hydrogen) atoms. The van der Waals surface area contributed by atoms with E-state index in [0.717, 1.165) is 11.6 Å². The topological polar surface area (TPSA) is 53.4 Å². The van der Waals surface area contributed by atoms with Gasteiger partial charge in [0.05, 0.1) is 0 Å². The predicted octanol–water partition coefficient (Wildman–Crippen LogP) is 3.39. The Labute approximate surface area is 122 Å². The largest absolute Gasteiger partial charge is 0.478 e. The Morgan fingerprint density at radius 1 is 1.38 bits per heavy atom. The zero-order chi connectivity index (χ0) is 15.4. The van der Waals surface area contributed by atoms with Crippen LogP contribution < -0.4 is 4.90 Å². The number of halogens is 1. The third-order valence-corrected chi connectivity index (χ3v) is 3.00. The molecular formula is C16H15FN2O2. The van der Waals surface area contributed by atoms with Crippen LogP contribution >= 0.6 is 0 Å². The summed E-state index contributed by atoms with van der Waals surface area (Å²) >= 11 is 0. The molecule has 0 bridgehead atoms. The number of hydrogen-bond acceptors (Lipinski definition) is 3. The summed E-state index contributed by atoms with van der Waals surface area (Å²) < 4.78 is 13.3. The summed E-state index contributed by atoms with van der Waals surface area (Å²) in [4.78, 5) is 16.6. The van der Waals surface area contributed by atoms with Crippen LogP contribution in [-0.4, -0.2) is 23.1 Å². The maximum absolute atomic E-state index is 13.3. The van der Waals surface area contributed by atoms with Crippen LogP contribution in [0.1, 0.15) is 11.1 Å². The van der Waals surface area contributed by atoms with Crippen molar-refractivity contribution >= 4 is 23.6 Å². The van der Waals surface area contributed by atoms with Gasteiger partial charge in [0.2, 0.25) is 0 Å². The molecule has 1 heterocycles. The van der Waals surface area contributed by atoms with Crippen LogP contribution in [0.25, 0.3) is 6.08 Å². The molecule has 2 aromatic rings. The summed E-state index contributed by atoms with van der Waals surface area (Å²) in [6.45, 7) is 1.87. The number of benzene rings is 1. The SMILES string of the molecule is Cc1cc(/C=C/C(=O)O)cnc1N(C)c1cccc(F)c1. The maximum Gasteiger partial charge on any atom is 0.328 e. The number of carboxylic acids is 1. The van der Waals surface area contributed by atoms with Crippen molar-refractivity contribution in [2.24, 2.45) is 0 Å². The average molecular weight is 286 g/mol. The van der Waals surface area contributed by atoms with Gasteiger partial charge in [0.25, 0.3) is 0 Å². The van der Waals surface area contributed by atoms with Gasteiger partial charge in [0.1, 0.15) is 11.6 Å². The fraction of sp³-hybridized carbons (Fsp3) is 0.125. The first-order valence-corrected chi connectivity index (χ1v) is 6.34. The van der Waals surface area contributed by atoms with E-state index in [0.29, 0.717) is 17.1 Å². The molecule has 0 aliphatic rings. The fourth-order valence-electron chi connectivity index (χ4n) is 2.01. The highest BCUT2D eigenvalue weighted by molar-refractivity contribution is 5.85. The Bertz CT molecular complexity index is 698. The second kappa shape index (κ2) is 6.17. The molecule has 4 nitrogen and oxygen atoms in total. The first kappa shape index (κ1) is 14.7. The monoisotopic (exact) mass is 286 g/mol.